The SMILES string of the molecule is O=C(OCCSCCO[N+](=O)[O-])C(CCc1ccccc1)NC1CCCN2CCCC(C(=O)O)N2C1=O. The van der Waals surface area contributed by atoms with Gasteiger partial charge in [0.1, 0.15) is 25.3 Å². The van der Waals surface area contributed by atoms with E-state index < -0.39 is 35.2 Å². The molecule has 0 aliphatic carbocycles. The number of hydrazine groups is 1. The van der Waals surface area contributed by atoms with Gasteiger partial charge in [0.05, 0.1) is 6.04 Å². The van der Waals surface area contributed by atoms with Crippen molar-refractivity contribution in [1.82, 2.24) is 15.3 Å². The first-order valence-electron chi connectivity index (χ1n) is 12.5. The lowest BCUT2D eigenvalue weighted by Crippen LogP contribution is -2.61. The molecule has 0 spiro atoms. The Morgan fingerprint density at radius 3 is 2.57 bits per heavy atom. The molecule has 2 N–H and O–H groups in total. The van der Waals surface area contributed by atoms with Gasteiger partial charge in [-0.05, 0) is 44.1 Å². The van der Waals surface area contributed by atoms with Gasteiger partial charge in [-0.15, -0.1) is 10.1 Å². The van der Waals surface area contributed by atoms with Gasteiger partial charge in [-0.3, -0.25) is 19.9 Å². The summed E-state index contributed by atoms with van der Waals surface area (Å²) in [4.78, 5) is 52.8. The molecule has 204 valence electrons. The van der Waals surface area contributed by atoms with E-state index >= 15 is 0 Å². The van der Waals surface area contributed by atoms with E-state index in [-0.39, 0.29) is 19.1 Å². The van der Waals surface area contributed by atoms with E-state index in [9.17, 15) is 29.6 Å². The highest BCUT2D eigenvalue weighted by Crippen LogP contribution is 2.24. The summed E-state index contributed by atoms with van der Waals surface area (Å²) in [6.45, 7) is 1.29. The number of hydrogen-bond acceptors (Lipinski definition) is 10. The lowest BCUT2D eigenvalue weighted by molar-refractivity contribution is -0.756. The standard InChI is InChI=1S/C24H34N4O8S/c29-22-19(8-4-12-26-13-5-9-21(23(30)31)27(22)26)25-20(11-10-18-6-2-1-3-7-18)24(32)35-14-16-37-17-15-36-28(33)34/h1-3,6-7,19-21,25H,4-5,8-17H2,(H,30,31). The number of hydrogen-bond donors (Lipinski definition) is 2. The van der Waals surface area contributed by atoms with Crippen LogP contribution >= 0.6 is 11.8 Å². The fourth-order valence-electron chi connectivity index (χ4n) is 4.59. The molecule has 0 aromatic heterocycles. The van der Waals surface area contributed by atoms with Crippen LogP contribution in [-0.2, 0) is 30.4 Å². The average molecular weight is 539 g/mol. The molecule has 3 atom stereocenters. The highest BCUT2D eigenvalue weighted by atomic mass is 32.2. The normalized spacial score (nSPS) is 21.0. The molecule has 2 fully saturated rings. The molecule has 37 heavy (non-hydrogen) atoms. The number of benzene rings is 1. The first kappa shape index (κ1) is 28.7. The van der Waals surface area contributed by atoms with Crippen molar-refractivity contribution < 1.29 is 34.2 Å². The summed E-state index contributed by atoms with van der Waals surface area (Å²) in [5.41, 5.74) is 1.05. The second-order valence-corrected chi connectivity index (χ2v) is 10.1. The van der Waals surface area contributed by atoms with Crippen molar-refractivity contribution in [2.45, 2.75) is 56.7 Å². The van der Waals surface area contributed by atoms with Crippen LogP contribution in [0.1, 0.15) is 37.7 Å². The zero-order valence-corrected chi connectivity index (χ0v) is 21.5. The molecule has 0 radical (unpaired) electrons. The molecule has 3 unspecified atom stereocenters. The predicted octanol–water partition coefficient (Wildman–Crippen LogP) is 1.52. The largest absolute Gasteiger partial charge is 0.480 e. The van der Waals surface area contributed by atoms with Crippen LogP contribution in [0.25, 0.3) is 0 Å². The third-order valence-corrected chi connectivity index (χ3v) is 7.27. The van der Waals surface area contributed by atoms with Crippen LogP contribution in [-0.4, -0.2) is 94.0 Å². The minimum Gasteiger partial charge on any atom is -0.480 e. The van der Waals surface area contributed by atoms with Crippen molar-refractivity contribution in [3.8, 4) is 0 Å². The van der Waals surface area contributed by atoms with E-state index in [2.05, 4.69) is 10.2 Å². The number of esters is 1. The van der Waals surface area contributed by atoms with E-state index in [1.165, 1.54) is 16.8 Å². The number of nitrogens with one attached hydrogen (secondary N) is 1. The summed E-state index contributed by atoms with van der Waals surface area (Å²) in [6.07, 6.45) is 3.28. The number of carbonyl (C=O) groups is 3. The van der Waals surface area contributed by atoms with Crippen molar-refractivity contribution in [1.29, 1.82) is 0 Å². The summed E-state index contributed by atoms with van der Waals surface area (Å²) in [5, 5.41) is 25.4. The number of amides is 1. The van der Waals surface area contributed by atoms with Gasteiger partial charge < -0.3 is 14.7 Å². The number of thioether (sulfide) groups is 1. The van der Waals surface area contributed by atoms with Crippen molar-refractivity contribution in [2.75, 3.05) is 37.8 Å². The molecular formula is C24H34N4O8S. The maximum Gasteiger partial charge on any atom is 0.328 e. The van der Waals surface area contributed by atoms with Crippen LogP contribution in [0.2, 0.25) is 0 Å². The lowest BCUT2D eigenvalue weighted by Gasteiger charge is -2.42. The quantitative estimate of drug-likeness (QED) is 0.153. The average Bonchev–Trinajstić information content (AvgIpc) is 3.04. The molecule has 1 amide bonds. The van der Waals surface area contributed by atoms with Gasteiger partial charge in [0.2, 0.25) is 0 Å². The van der Waals surface area contributed by atoms with Crippen molar-refractivity contribution >= 4 is 29.6 Å². The lowest BCUT2D eigenvalue weighted by atomic mass is 10.0. The van der Waals surface area contributed by atoms with E-state index in [0.29, 0.717) is 63.1 Å². The molecular weight excluding hydrogens is 504 g/mol. The van der Waals surface area contributed by atoms with Crippen molar-refractivity contribution in [3.63, 3.8) is 0 Å². The summed E-state index contributed by atoms with van der Waals surface area (Å²) in [7, 11) is 0. The number of ether oxygens (including phenoxy) is 1. The van der Waals surface area contributed by atoms with Crippen molar-refractivity contribution in [2.24, 2.45) is 0 Å². The summed E-state index contributed by atoms with van der Waals surface area (Å²) in [6, 6.07) is 7.31. The van der Waals surface area contributed by atoms with Gasteiger partial charge in [0, 0.05) is 24.6 Å². The predicted molar refractivity (Wildman–Crippen MR) is 135 cm³/mol. The molecule has 12 nitrogen and oxygen atoms in total. The van der Waals surface area contributed by atoms with Gasteiger partial charge in [0.15, 0.2) is 0 Å². The molecule has 2 heterocycles. The minimum absolute atomic E-state index is 0.0402. The highest BCUT2D eigenvalue weighted by molar-refractivity contribution is 7.99. The number of carboxylic acids is 1. The third-order valence-electron chi connectivity index (χ3n) is 6.36. The first-order valence-corrected chi connectivity index (χ1v) is 13.6. The number of fused-ring (bicyclic) bond motifs is 1. The van der Waals surface area contributed by atoms with Crippen LogP contribution < -0.4 is 5.32 Å². The van der Waals surface area contributed by atoms with Gasteiger partial charge in [-0.2, -0.15) is 11.8 Å². The molecule has 2 saturated heterocycles. The molecule has 2 aliphatic rings. The molecule has 0 saturated carbocycles. The number of aryl methyl sites for hydroxylation is 1. The number of rotatable bonds is 14. The van der Waals surface area contributed by atoms with E-state index in [1.54, 1.807) is 0 Å². The van der Waals surface area contributed by atoms with Crippen LogP contribution in [0.15, 0.2) is 30.3 Å². The fraction of sp³-hybridized carbons (Fsp3) is 0.625. The zero-order chi connectivity index (χ0) is 26.6. The smallest absolute Gasteiger partial charge is 0.328 e. The van der Waals surface area contributed by atoms with E-state index in [0.717, 1.165) is 5.56 Å². The van der Waals surface area contributed by atoms with Crippen LogP contribution in [0, 0.1) is 10.1 Å². The monoisotopic (exact) mass is 538 g/mol. The van der Waals surface area contributed by atoms with Crippen LogP contribution in [0.5, 0.6) is 0 Å². The summed E-state index contributed by atoms with van der Waals surface area (Å²) >= 11 is 1.36. The zero-order valence-electron chi connectivity index (χ0n) is 20.7. The van der Waals surface area contributed by atoms with Crippen LogP contribution in [0.4, 0.5) is 0 Å². The maximum atomic E-state index is 13.5. The summed E-state index contributed by atoms with van der Waals surface area (Å²) < 4.78 is 5.47. The van der Waals surface area contributed by atoms with Crippen molar-refractivity contribution in [3.05, 3.63) is 46.0 Å². The number of carboxylic acid groups (broad SMARTS) is 1. The Labute approximate surface area is 219 Å². The van der Waals surface area contributed by atoms with Crippen LogP contribution in [0.3, 0.4) is 0 Å². The topological polar surface area (TPSA) is 152 Å². The molecule has 2 aliphatic heterocycles. The van der Waals surface area contributed by atoms with Gasteiger partial charge in [0.25, 0.3) is 11.0 Å². The Morgan fingerprint density at radius 1 is 1.16 bits per heavy atom. The summed E-state index contributed by atoms with van der Waals surface area (Å²) in [5.74, 6) is -1.01. The highest BCUT2D eigenvalue weighted by Gasteiger charge is 2.42. The first-order chi connectivity index (χ1) is 17.9. The number of nitrogens with zero attached hydrogens (tertiary/aromatic N) is 3. The number of carbonyl (C=O) groups excluding carboxylic acids is 2. The molecule has 3 rings (SSSR count). The second kappa shape index (κ2) is 14.7. The third kappa shape index (κ3) is 8.86. The second-order valence-electron chi connectivity index (χ2n) is 8.91. The molecule has 1 aromatic rings. The Balaban J connectivity index is 1.62. The fourth-order valence-corrected chi connectivity index (χ4v) is 5.19. The molecule has 0 bridgehead atoms. The molecule has 1 aromatic carbocycles. The van der Waals surface area contributed by atoms with Gasteiger partial charge in [-0.1, -0.05) is 30.3 Å². The minimum atomic E-state index is -1.03. The Kier molecular flexibility index (Phi) is 11.4. The van der Waals surface area contributed by atoms with Gasteiger partial charge in [-0.25, -0.2) is 9.80 Å². The number of aliphatic carboxylic acids is 1. The maximum absolute atomic E-state index is 13.5. The Bertz CT molecular complexity index is 921. The van der Waals surface area contributed by atoms with Gasteiger partial charge >= 0.3 is 11.9 Å². The Morgan fingerprint density at radius 2 is 1.86 bits per heavy atom. The molecule has 13 heteroatoms. The van der Waals surface area contributed by atoms with E-state index in [4.69, 9.17) is 4.74 Å². The Hall–Kier alpha value is -2.90. The van der Waals surface area contributed by atoms with E-state index in [1.807, 2.05) is 35.3 Å².